The standard InChI is InChI=1S/C12H9FO4/c1-17-10(14)7-3-5-8-4-2-6-9(11(8)13)12(15)16/h2,4,6H,7H2,1H3,(H,15,16). The molecule has 0 aromatic heterocycles. The van der Waals surface area contributed by atoms with Crippen molar-refractivity contribution in [2.24, 2.45) is 0 Å². The van der Waals surface area contributed by atoms with Gasteiger partial charge in [-0.3, -0.25) is 4.79 Å². The third-order valence-electron chi connectivity index (χ3n) is 1.91. The topological polar surface area (TPSA) is 63.6 Å². The lowest BCUT2D eigenvalue weighted by molar-refractivity contribution is -0.139. The quantitative estimate of drug-likeness (QED) is 0.623. The Hall–Kier alpha value is -2.35. The van der Waals surface area contributed by atoms with Crippen molar-refractivity contribution in [3.8, 4) is 11.8 Å². The van der Waals surface area contributed by atoms with Gasteiger partial charge < -0.3 is 9.84 Å². The molecule has 0 atom stereocenters. The van der Waals surface area contributed by atoms with E-state index in [0.29, 0.717) is 0 Å². The van der Waals surface area contributed by atoms with Gasteiger partial charge in [0.1, 0.15) is 6.42 Å². The lowest BCUT2D eigenvalue weighted by Gasteiger charge is -1.98. The van der Waals surface area contributed by atoms with Crippen LogP contribution in [0.1, 0.15) is 22.3 Å². The van der Waals surface area contributed by atoms with Gasteiger partial charge >= 0.3 is 11.9 Å². The average molecular weight is 236 g/mol. The van der Waals surface area contributed by atoms with Crippen molar-refractivity contribution in [3.05, 3.63) is 35.1 Å². The maximum absolute atomic E-state index is 13.5. The zero-order valence-corrected chi connectivity index (χ0v) is 8.99. The summed E-state index contributed by atoms with van der Waals surface area (Å²) in [6.07, 6.45) is -0.173. The molecule has 0 heterocycles. The third kappa shape index (κ3) is 3.31. The van der Waals surface area contributed by atoms with E-state index in [1.54, 1.807) is 0 Å². The first kappa shape index (κ1) is 12.7. The normalized spacial score (nSPS) is 9.06. The summed E-state index contributed by atoms with van der Waals surface area (Å²) in [5.74, 6) is 1.98. The lowest BCUT2D eigenvalue weighted by Crippen LogP contribution is -2.02. The molecular weight excluding hydrogens is 227 g/mol. The van der Waals surface area contributed by atoms with Crippen LogP contribution in [0, 0.1) is 17.7 Å². The highest BCUT2D eigenvalue weighted by atomic mass is 19.1. The van der Waals surface area contributed by atoms with E-state index in [2.05, 4.69) is 16.6 Å². The molecule has 0 spiro atoms. The van der Waals surface area contributed by atoms with Crippen LogP contribution in [0.2, 0.25) is 0 Å². The van der Waals surface area contributed by atoms with Gasteiger partial charge in [0.15, 0.2) is 5.82 Å². The second-order valence-corrected chi connectivity index (χ2v) is 3.03. The van der Waals surface area contributed by atoms with Crippen molar-refractivity contribution in [1.29, 1.82) is 0 Å². The summed E-state index contributed by atoms with van der Waals surface area (Å²) in [5.41, 5.74) is -0.510. The predicted molar refractivity (Wildman–Crippen MR) is 56.9 cm³/mol. The van der Waals surface area contributed by atoms with Gasteiger partial charge in [-0.05, 0) is 12.1 Å². The molecule has 0 bridgehead atoms. The van der Waals surface area contributed by atoms with Gasteiger partial charge in [0.25, 0.3) is 0 Å². The van der Waals surface area contributed by atoms with E-state index in [1.807, 2.05) is 0 Å². The molecule has 1 aromatic rings. The van der Waals surface area contributed by atoms with Crippen LogP contribution in [0.15, 0.2) is 18.2 Å². The summed E-state index contributed by atoms with van der Waals surface area (Å²) in [6, 6.07) is 3.86. The number of aromatic carboxylic acids is 1. The molecule has 0 saturated carbocycles. The molecule has 88 valence electrons. The SMILES string of the molecule is COC(=O)CC#Cc1cccc(C(=O)O)c1F. The Kier molecular flexibility index (Phi) is 4.23. The van der Waals surface area contributed by atoms with Gasteiger partial charge in [-0.1, -0.05) is 17.9 Å². The van der Waals surface area contributed by atoms with E-state index in [-0.39, 0.29) is 12.0 Å². The van der Waals surface area contributed by atoms with E-state index in [9.17, 15) is 14.0 Å². The van der Waals surface area contributed by atoms with Crippen LogP contribution < -0.4 is 0 Å². The molecule has 4 nitrogen and oxygen atoms in total. The van der Waals surface area contributed by atoms with Gasteiger partial charge in [-0.15, -0.1) is 0 Å². The highest BCUT2D eigenvalue weighted by Crippen LogP contribution is 2.11. The molecule has 0 saturated heterocycles. The van der Waals surface area contributed by atoms with Crippen molar-refractivity contribution in [2.45, 2.75) is 6.42 Å². The maximum Gasteiger partial charge on any atom is 0.338 e. The Labute approximate surface area is 97.0 Å². The van der Waals surface area contributed by atoms with Crippen LogP contribution in [0.4, 0.5) is 4.39 Å². The van der Waals surface area contributed by atoms with Crippen LogP contribution in [0.5, 0.6) is 0 Å². The molecule has 0 amide bonds. The Bertz CT molecular complexity index is 511. The first-order chi connectivity index (χ1) is 8.06. The monoisotopic (exact) mass is 236 g/mol. The Morgan fingerprint density at radius 1 is 1.47 bits per heavy atom. The van der Waals surface area contributed by atoms with E-state index in [1.165, 1.54) is 19.2 Å². The van der Waals surface area contributed by atoms with Gasteiger partial charge in [0.05, 0.1) is 18.2 Å². The molecule has 1 N–H and O–H groups in total. The van der Waals surface area contributed by atoms with Crippen LogP contribution in [-0.2, 0) is 9.53 Å². The fourth-order valence-electron chi connectivity index (χ4n) is 1.08. The van der Waals surface area contributed by atoms with Crippen LogP contribution in [0.25, 0.3) is 0 Å². The largest absolute Gasteiger partial charge is 0.478 e. The second-order valence-electron chi connectivity index (χ2n) is 3.03. The molecule has 0 unspecified atom stereocenters. The summed E-state index contributed by atoms with van der Waals surface area (Å²) < 4.78 is 17.9. The number of benzene rings is 1. The number of carboxylic acids is 1. The molecular formula is C12H9FO4. The van der Waals surface area contributed by atoms with Crippen molar-refractivity contribution in [2.75, 3.05) is 7.11 Å². The maximum atomic E-state index is 13.5. The first-order valence-electron chi connectivity index (χ1n) is 4.63. The molecule has 0 fully saturated rings. The van der Waals surface area contributed by atoms with E-state index in [4.69, 9.17) is 5.11 Å². The number of carbonyl (C=O) groups is 2. The summed E-state index contributed by atoms with van der Waals surface area (Å²) in [4.78, 5) is 21.4. The summed E-state index contributed by atoms with van der Waals surface area (Å²) >= 11 is 0. The zero-order chi connectivity index (χ0) is 12.8. The molecule has 1 rings (SSSR count). The molecule has 5 heteroatoms. The number of ether oxygens (including phenoxy) is 1. The van der Waals surface area contributed by atoms with Crippen molar-refractivity contribution < 1.29 is 23.8 Å². The third-order valence-corrected chi connectivity index (χ3v) is 1.91. The van der Waals surface area contributed by atoms with Gasteiger partial charge in [-0.25, -0.2) is 9.18 Å². The molecule has 0 radical (unpaired) electrons. The number of hydrogen-bond donors (Lipinski definition) is 1. The molecule has 0 aliphatic carbocycles. The Balaban J connectivity index is 2.96. The zero-order valence-electron chi connectivity index (χ0n) is 8.99. The van der Waals surface area contributed by atoms with Gasteiger partial charge in [0.2, 0.25) is 0 Å². The highest BCUT2D eigenvalue weighted by Gasteiger charge is 2.12. The number of esters is 1. The number of hydrogen-bond acceptors (Lipinski definition) is 3. The number of halogens is 1. The van der Waals surface area contributed by atoms with Crippen molar-refractivity contribution in [3.63, 3.8) is 0 Å². The minimum Gasteiger partial charge on any atom is -0.478 e. The fourth-order valence-corrected chi connectivity index (χ4v) is 1.08. The first-order valence-corrected chi connectivity index (χ1v) is 4.63. The van der Waals surface area contributed by atoms with Crippen molar-refractivity contribution >= 4 is 11.9 Å². The molecule has 1 aromatic carbocycles. The average Bonchev–Trinajstić information content (AvgIpc) is 2.30. The van der Waals surface area contributed by atoms with E-state index in [0.717, 1.165) is 6.07 Å². The van der Waals surface area contributed by atoms with Crippen molar-refractivity contribution in [1.82, 2.24) is 0 Å². The van der Waals surface area contributed by atoms with Gasteiger partial charge in [0, 0.05) is 0 Å². The van der Waals surface area contributed by atoms with Gasteiger partial charge in [-0.2, -0.15) is 0 Å². The smallest absolute Gasteiger partial charge is 0.338 e. The minimum absolute atomic E-state index is 0.0613. The number of methoxy groups -OCH3 is 1. The summed E-state index contributed by atoms with van der Waals surface area (Å²) in [6.45, 7) is 0. The number of carbonyl (C=O) groups excluding carboxylic acids is 1. The summed E-state index contributed by atoms with van der Waals surface area (Å²) in [7, 11) is 1.22. The van der Waals surface area contributed by atoms with Crippen LogP contribution >= 0.6 is 0 Å². The Morgan fingerprint density at radius 3 is 2.76 bits per heavy atom. The molecule has 0 aliphatic heterocycles. The fraction of sp³-hybridized carbons (Fsp3) is 0.167. The van der Waals surface area contributed by atoms with E-state index < -0.39 is 23.3 Å². The number of rotatable bonds is 2. The lowest BCUT2D eigenvalue weighted by atomic mass is 10.1. The van der Waals surface area contributed by atoms with E-state index >= 15 is 0 Å². The summed E-state index contributed by atoms with van der Waals surface area (Å²) in [5, 5.41) is 8.68. The molecule has 0 aliphatic rings. The Morgan fingerprint density at radius 2 is 2.18 bits per heavy atom. The highest BCUT2D eigenvalue weighted by molar-refractivity contribution is 5.88. The van der Waals surface area contributed by atoms with Crippen LogP contribution in [-0.4, -0.2) is 24.2 Å². The second kappa shape index (κ2) is 5.66. The van der Waals surface area contributed by atoms with Crippen LogP contribution in [0.3, 0.4) is 0 Å². The number of carboxylic acid groups (broad SMARTS) is 1. The minimum atomic E-state index is -1.36. The predicted octanol–water partition coefficient (Wildman–Crippen LogP) is 1.44. The molecule has 17 heavy (non-hydrogen) atoms.